The third-order valence-corrected chi connectivity index (χ3v) is 3.44. The minimum absolute atomic E-state index is 0.0246. The number of nitrogens with zero attached hydrogens (tertiary/aromatic N) is 1. The first kappa shape index (κ1) is 13.7. The zero-order valence-corrected chi connectivity index (χ0v) is 11.4. The van der Waals surface area contributed by atoms with Crippen molar-refractivity contribution in [3.8, 4) is 0 Å². The molecule has 0 radical (unpaired) electrons. The SMILES string of the molecule is CC[C@H](C)[C@H](Nc1noc2ccc(Cl)cc12)C(=O)O. The van der Waals surface area contributed by atoms with Gasteiger partial charge in [0, 0.05) is 5.02 Å². The van der Waals surface area contributed by atoms with Crippen molar-refractivity contribution in [2.24, 2.45) is 5.92 Å². The van der Waals surface area contributed by atoms with E-state index in [2.05, 4.69) is 10.5 Å². The minimum atomic E-state index is -0.910. The van der Waals surface area contributed by atoms with Crippen molar-refractivity contribution in [1.82, 2.24) is 5.16 Å². The van der Waals surface area contributed by atoms with Crippen LogP contribution >= 0.6 is 11.6 Å². The number of anilines is 1. The minimum Gasteiger partial charge on any atom is -0.480 e. The number of rotatable bonds is 5. The van der Waals surface area contributed by atoms with Gasteiger partial charge in [-0.3, -0.25) is 0 Å². The van der Waals surface area contributed by atoms with E-state index < -0.39 is 12.0 Å². The lowest BCUT2D eigenvalue weighted by Gasteiger charge is -2.19. The summed E-state index contributed by atoms with van der Waals surface area (Å²) in [5.41, 5.74) is 0.570. The molecule has 1 aromatic heterocycles. The molecule has 0 aliphatic heterocycles. The highest BCUT2D eigenvalue weighted by molar-refractivity contribution is 6.31. The predicted octanol–water partition coefficient (Wildman–Crippen LogP) is 3.39. The van der Waals surface area contributed by atoms with Crippen molar-refractivity contribution in [3.05, 3.63) is 23.2 Å². The number of halogens is 1. The van der Waals surface area contributed by atoms with E-state index in [1.807, 2.05) is 13.8 Å². The van der Waals surface area contributed by atoms with Crippen LogP contribution in [0.3, 0.4) is 0 Å². The van der Waals surface area contributed by atoms with E-state index in [0.29, 0.717) is 21.8 Å². The molecule has 1 heterocycles. The smallest absolute Gasteiger partial charge is 0.326 e. The molecule has 1 aromatic carbocycles. The van der Waals surface area contributed by atoms with Gasteiger partial charge in [-0.1, -0.05) is 37.0 Å². The summed E-state index contributed by atoms with van der Waals surface area (Å²) in [6.45, 7) is 3.82. The number of carbonyl (C=O) groups is 1. The van der Waals surface area contributed by atoms with Crippen molar-refractivity contribution in [3.63, 3.8) is 0 Å². The molecule has 0 fully saturated rings. The Kier molecular flexibility index (Phi) is 3.95. The van der Waals surface area contributed by atoms with Crippen LogP contribution in [0.15, 0.2) is 22.7 Å². The molecule has 2 aromatic rings. The van der Waals surface area contributed by atoms with Crippen LogP contribution in [0.1, 0.15) is 20.3 Å². The Morgan fingerprint density at radius 2 is 2.32 bits per heavy atom. The van der Waals surface area contributed by atoms with Gasteiger partial charge in [-0.2, -0.15) is 0 Å². The Balaban J connectivity index is 2.33. The van der Waals surface area contributed by atoms with Gasteiger partial charge in [0.1, 0.15) is 6.04 Å². The van der Waals surface area contributed by atoms with Crippen LogP contribution in [0.25, 0.3) is 11.0 Å². The molecule has 0 unspecified atom stereocenters. The summed E-state index contributed by atoms with van der Waals surface area (Å²) in [5, 5.41) is 17.3. The maximum atomic E-state index is 11.3. The van der Waals surface area contributed by atoms with E-state index in [-0.39, 0.29) is 5.92 Å². The number of aliphatic carboxylic acids is 1. The molecule has 6 heteroatoms. The van der Waals surface area contributed by atoms with Crippen LogP contribution in [0.5, 0.6) is 0 Å². The largest absolute Gasteiger partial charge is 0.480 e. The standard InChI is InChI=1S/C13H15ClN2O3/c1-3-7(2)11(13(17)18)15-12-9-6-8(14)4-5-10(9)19-16-12/h4-7,11H,3H2,1-2H3,(H,15,16)(H,17,18)/t7-,11-/m0/s1. The molecule has 2 rings (SSSR count). The molecule has 0 spiro atoms. The van der Waals surface area contributed by atoms with Gasteiger partial charge < -0.3 is 14.9 Å². The monoisotopic (exact) mass is 282 g/mol. The van der Waals surface area contributed by atoms with Crippen molar-refractivity contribution in [2.45, 2.75) is 26.3 Å². The zero-order chi connectivity index (χ0) is 14.0. The van der Waals surface area contributed by atoms with Gasteiger partial charge in [-0.05, 0) is 24.1 Å². The zero-order valence-electron chi connectivity index (χ0n) is 10.7. The van der Waals surface area contributed by atoms with Crippen LogP contribution in [-0.4, -0.2) is 22.3 Å². The summed E-state index contributed by atoms with van der Waals surface area (Å²) in [4.78, 5) is 11.3. The lowest BCUT2D eigenvalue weighted by atomic mass is 9.99. The number of benzene rings is 1. The second-order valence-electron chi connectivity index (χ2n) is 4.52. The first-order valence-corrected chi connectivity index (χ1v) is 6.45. The number of aromatic nitrogens is 1. The molecular formula is C13H15ClN2O3. The third kappa shape index (κ3) is 2.81. The average Bonchev–Trinajstić information content (AvgIpc) is 2.77. The predicted molar refractivity (Wildman–Crippen MR) is 73.5 cm³/mol. The van der Waals surface area contributed by atoms with Gasteiger partial charge >= 0.3 is 5.97 Å². The molecule has 0 aliphatic carbocycles. The molecule has 102 valence electrons. The highest BCUT2D eigenvalue weighted by Crippen LogP contribution is 2.27. The summed E-state index contributed by atoms with van der Waals surface area (Å²) in [7, 11) is 0. The van der Waals surface area contributed by atoms with Gasteiger partial charge in [-0.15, -0.1) is 0 Å². The van der Waals surface area contributed by atoms with E-state index in [1.54, 1.807) is 18.2 Å². The fourth-order valence-electron chi connectivity index (χ4n) is 1.85. The van der Waals surface area contributed by atoms with E-state index in [4.69, 9.17) is 16.1 Å². The molecule has 0 bridgehead atoms. The Labute approximate surface area is 115 Å². The summed E-state index contributed by atoms with van der Waals surface area (Å²) < 4.78 is 5.13. The van der Waals surface area contributed by atoms with Crippen LogP contribution in [0.4, 0.5) is 5.82 Å². The number of carboxylic acids is 1. The van der Waals surface area contributed by atoms with Gasteiger partial charge in [0.2, 0.25) is 0 Å². The molecule has 5 nitrogen and oxygen atoms in total. The third-order valence-electron chi connectivity index (χ3n) is 3.20. The Hall–Kier alpha value is -1.75. The van der Waals surface area contributed by atoms with Gasteiger partial charge in [0.15, 0.2) is 11.4 Å². The quantitative estimate of drug-likeness (QED) is 0.879. The normalized spacial score (nSPS) is 14.3. The summed E-state index contributed by atoms with van der Waals surface area (Å²) in [6, 6.07) is 4.39. The van der Waals surface area contributed by atoms with Gasteiger partial charge in [0.25, 0.3) is 0 Å². The first-order valence-electron chi connectivity index (χ1n) is 6.07. The summed E-state index contributed by atoms with van der Waals surface area (Å²) in [5.74, 6) is -0.527. The fourth-order valence-corrected chi connectivity index (χ4v) is 2.02. The van der Waals surface area contributed by atoms with Crippen LogP contribution in [0.2, 0.25) is 5.02 Å². The van der Waals surface area contributed by atoms with E-state index in [9.17, 15) is 9.90 Å². The highest BCUT2D eigenvalue weighted by atomic mass is 35.5. The van der Waals surface area contributed by atoms with Crippen molar-refractivity contribution in [2.75, 3.05) is 5.32 Å². The van der Waals surface area contributed by atoms with E-state index in [1.165, 1.54) is 0 Å². The number of hydrogen-bond donors (Lipinski definition) is 2. The van der Waals surface area contributed by atoms with Crippen LogP contribution in [0, 0.1) is 5.92 Å². The molecule has 0 saturated heterocycles. The lowest BCUT2D eigenvalue weighted by Crippen LogP contribution is -2.35. The van der Waals surface area contributed by atoms with Gasteiger partial charge in [0.05, 0.1) is 5.39 Å². The van der Waals surface area contributed by atoms with E-state index in [0.717, 1.165) is 6.42 Å². The number of hydrogen-bond acceptors (Lipinski definition) is 4. The van der Waals surface area contributed by atoms with Crippen molar-refractivity contribution >= 4 is 34.4 Å². The van der Waals surface area contributed by atoms with Gasteiger partial charge in [-0.25, -0.2) is 4.79 Å². The summed E-state index contributed by atoms with van der Waals surface area (Å²) >= 11 is 5.92. The second-order valence-corrected chi connectivity index (χ2v) is 4.95. The average molecular weight is 283 g/mol. The van der Waals surface area contributed by atoms with Crippen LogP contribution < -0.4 is 5.32 Å². The number of nitrogens with one attached hydrogen (secondary N) is 1. The van der Waals surface area contributed by atoms with E-state index >= 15 is 0 Å². The molecule has 2 N–H and O–H groups in total. The molecule has 19 heavy (non-hydrogen) atoms. The second kappa shape index (κ2) is 5.48. The maximum Gasteiger partial charge on any atom is 0.326 e. The lowest BCUT2D eigenvalue weighted by molar-refractivity contribution is -0.139. The Morgan fingerprint density at radius 1 is 1.58 bits per heavy atom. The Morgan fingerprint density at radius 3 is 2.95 bits per heavy atom. The Bertz CT molecular complexity index is 597. The molecule has 2 atom stereocenters. The number of carboxylic acid groups (broad SMARTS) is 1. The first-order chi connectivity index (χ1) is 9.02. The molecule has 0 saturated carbocycles. The number of fused-ring (bicyclic) bond motifs is 1. The fraction of sp³-hybridized carbons (Fsp3) is 0.385. The van der Waals surface area contributed by atoms with Crippen molar-refractivity contribution < 1.29 is 14.4 Å². The van der Waals surface area contributed by atoms with Crippen molar-refractivity contribution in [1.29, 1.82) is 0 Å². The topological polar surface area (TPSA) is 75.4 Å². The van der Waals surface area contributed by atoms with Crippen LogP contribution in [-0.2, 0) is 4.79 Å². The highest BCUT2D eigenvalue weighted by Gasteiger charge is 2.25. The summed E-state index contributed by atoms with van der Waals surface area (Å²) in [6.07, 6.45) is 0.751. The maximum absolute atomic E-state index is 11.3. The molecule has 0 aliphatic rings. The molecular weight excluding hydrogens is 268 g/mol. The molecule has 0 amide bonds.